The summed E-state index contributed by atoms with van der Waals surface area (Å²) in [6.45, 7) is 1.79. The molecule has 35 heavy (non-hydrogen) atoms. The highest BCUT2D eigenvalue weighted by molar-refractivity contribution is 9.10. The monoisotopic (exact) mass is 567 g/mol. The van der Waals surface area contributed by atoms with Crippen LogP contribution in [0.5, 0.6) is 11.5 Å². The van der Waals surface area contributed by atoms with E-state index in [0.29, 0.717) is 47.8 Å². The molecule has 0 unspecified atom stereocenters. The van der Waals surface area contributed by atoms with Gasteiger partial charge in [-0.3, -0.25) is 19.8 Å². The molecule has 0 aliphatic carbocycles. The average Bonchev–Trinajstić information content (AvgIpc) is 3.13. The Morgan fingerprint density at radius 3 is 2.69 bits per heavy atom. The molecule has 2 aromatic carbocycles. The Morgan fingerprint density at radius 2 is 2.00 bits per heavy atom. The molecule has 9 nitrogen and oxygen atoms in total. The van der Waals surface area contributed by atoms with Crippen LogP contribution in [-0.4, -0.2) is 62.6 Å². The van der Waals surface area contributed by atoms with Gasteiger partial charge in [0.2, 0.25) is 0 Å². The van der Waals surface area contributed by atoms with Crippen LogP contribution < -0.4 is 19.9 Å². The summed E-state index contributed by atoms with van der Waals surface area (Å²) in [4.78, 5) is 39.4. The number of rotatable bonds is 6. The van der Waals surface area contributed by atoms with E-state index >= 15 is 0 Å². The normalized spacial score (nSPS) is 17.1. The van der Waals surface area contributed by atoms with E-state index in [4.69, 9.17) is 25.8 Å². The maximum absolute atomic E-state index is 13.5. The van der Waals surface area contributed by atoms with Gasteiger partial charge in [-0.1, -0.05) is 11.6 Å². The molecular weight excluding hydrogens is 549 g/mol. The van der Waals surface area contributed by atoms with E-state index in [2.05, 4.69) is 21.4 Å². The zero-order valence-corrected chi connectivity index (χ0v) is 20.8. The number of carbonyl (C=O) groups is 3. The van der Waals surface area contributed by atoms with Crippen molar-refractivity contribution in [1.29, 1.82) is 0 Å². The van der Waals surface area contributed by atoms with E-state index in [0.717, 1.165) is 11.1 Å². The average molecular weight is 569 g/mol. The highest BCUT2D eigenvalue weighted by Gasteiger charge is 2.35. The van der Waals surface area contributed by atoms with Crippen molar-refractivity contribution in [1.82, 2.24) is 10.3 Å². The first-order chi connectivity index (χ1) is 16.8. The van der Waals surface area contributed by atoms with E-state index in [1.807, 2.05) is 0 Å². The molecule has 2 saturated heterocycles. The third-order valence-corrected chi connectivity index (χ3v) is 6.20. The van der Waals surface area contributed by atoms with E-state index in [1.54, 1.807) is 17.0 Å². The molecule has 0 saturated carbocycles. The first kappa shape index (κ1) is 25.0. The smallest absolute Gasteiger partial charge is 0.282 e. The van der Waals surface area contributed by atoms with Gasteiger partial charge in [0, 0.05) is 13.1 Å². The fourth-order valence-electron chi connectivity index (χ4n) is 3.53. The summed E-state index contributed by atoms with van der Waals surface area (Å²) in [6, 6.07) is 6.86. The number of hydrazine groups is 1. The zero-order chi connectivity index (χ0) is 25.1. The zero-order valence-electron chi connectivity index (χ0n) is 18.5. The summed E-state index contributed by atoms with van der Waals surface area (Å²) in [5.41, 5.74) is 2.97. The molecule has 0 aromatic heterocycles. The van der Waals surface area contributed by atoms with Crippen molar-refractivity contribution < 1.29 is 33.0 Å². The Balaban J connectivity index is 1.53. The number of methoxy groups -OCH3 is 1. The van der Waals surface area contributed by atoms with E-state index in [9.17, 15) is 18.8 Å². The Kier molecular flexibility index (Phi) is 7.58. The lowest BCUT2D eigenvalue weighted by Crippen LogP contribution is -2.43. The van der Waals surface area contributed by atoms with Gasteiger partial charge in [0.05, 0.1) is 35.5 Å². The van der Waals surface area contributed by atoms with Crippen molar-refractivity contribution >= 4 is 57.0 Å². The van der Waals surface area contributed by atoms with Crippen LogP contribution in [0.3, 0.4) is 0 Å². The predicted molar refractivity (Wildman–Crippen MR) is 129 cm³/mol. The number of morpholine rings is 1. The molecule has 2 aliphatic rings. The third kappa shape index (κ3) is 5.42. The molecule has 0 bridgehead atoms. The maximum Gasteiger partial charge on any atom is 0.282 e. The summed E-state index contributed by atoms with van der Waals surface area (Å²) in [5, 5.41) is 0.805. The molecule has 0 spiro atoms. The van der Waals surface area contributed by atoms with Crippen LogP contribution >= 0.6 is 27.5 Å². The van der Waals surface area contributed by atoms with Crippen molar-refractivity contribution in [2.24, 2.45) is 0 Å². The lowest BCUT2D eigenvalue weighted by Gasteiger charge is -2.27. The van der Waals surface area contributed by atoms with E-state index < -0.39 is 17.6 Å². The summed E-state index contributed by atoms with van der Waals surface area (Å²) in [6.07, 6.45) is 1.39. The van der Waals surface area contributed by atoms with Gasteiger partial charge in [0.25, 0.3) is 17.7 Å². The van der Waals surface area contributed by atoms with Gasteiger partial charge in [-0.15, -0.1) is 0 Å². The van der Waals surface area contributed by atoms with E-state index in [-0.39, 0.29) is 28.8 Å². The van der Waals surface area contributed by atoms with Crippen molar-refractivity contribution in [3.05, 3.63) is 56.8 Å². The molecule has 2 fully saturated rings. The van der Waals surface area contributed by atoms with Gasteiger partial charge in [0.1, 0.15) is 11.4 Å². The lowest BCUT2D eigenvalue weighted by atomic mass is 10.1. The molecular formula is C23H20BrClFN3O6. The standard InChI is InChI=1S/C23H20BrClFN3O6/c1-33-19-10-13(9-16(24)21(19)35-12-20(30)28-4-6-34-7-5-28)8-15-22(31)27-29(23(15)32)14-2-3-18(26)17(25)11-14/h2-3,8-11H,4-7,12H2,1H3,(H,27,31)/b15-8-. The quantitative estimate of drug-likeness (QED) is 0.425. The Morgan fingerprint density at radius 1 is 1.26 bits per heavy atom. The van der Waals surface area contributed by atoms with Crippen LogP contribution in [0.2, 0.25) is 5.02 Å². The maximum atomic E-state index is 13.5. The Labute approximate surface area is 213 Å². The first-order valence-corrected chi connectivity index (χ1v) is 11.6. The number of nitrogens with zero attached hydrogens (tertiary/aromatic N) is 2. The third-order valence-electron chi connectivity index (χ3n) is 5.32. The molecule has 12 heteroatoms. The van der Waals surface area contributed by atoms with Gasteiger partial charge in [-0.05, 0) is 57.9 Å². The number of halogens is 3. The van der Waals surface area contributed by atoms with Gasteiger partial charge in [-0.25, -0.2) is 9.40 Å². The van der Waals surface area contributed by atoms with Crippen LogP contribution in [0.1, 0.15) is 5.56 Å². The summed E-state index contributed by atoms with van der Waals surface area (Å²) < 4.78 is 30.3. The molecule has 4 rings (SSSR count). The van der Waals surface area contributed by atoms with Gasteiger partial charge < -0.3 is 19.1 Å². The number of anilines is 1. The highest BCUT2D eigenvalue weighted by Crippen LogP contribution is 2.37. The lowest BCUT2D eigenvalue weighted by molar-refractivity contribution is -0.137. The van der Waals surface area contributed by atoms with Gasteiger partial charge in [0.15, 0.2) is 18.1 Å². The molecule has 2 heterocycles. The summed E-state index contributed by atoms with van der Waals surface area (Å²) in [5.74, 6) is -1.49. The van der Waals surface area contributed by atoms with Gasteiger partial charge in [-0.2, -0.15) is 0 Å². The van der Waals surface area contributed by atoms with Crippen LogP contribution in [-0.2, 0) is 19.1 Å². The van der Waals surface area contributed by atoms with Crippen molar-refractivity contribution in [3.8, 4) is 11.5 Å². The minimum Gasteiger partial charge on any atom is -0.493 e. The summed E-state index contributed by atoms with van der Waals surface area (Å²) in [7, 11) is 1.43. The molecule has 1 N–H and O–H groups in total. The molecule has 184 valence electrons. The molecule has 3 amide bonds. The number of hydrogen-bond acceptors (Lipinski definition) is 6. The van der Waals surface area contributed by atoms with Crippen LogP contribution in [0.15, 0.2) is 40.4 Å². The Bertz CT molecular complexity index is 1220. The largest absolute Gasteiger partial charge is 0.493 e. The minimum atomic E-state index is -0.643. The van der Waals surface area contributed by atoms with Crippen molar-refractivity contribution in [2.75, 3.05) is 45.0 Å². The number of carbonyl (C=O) groups excluding carboxylic acids is 3. The van der Waals surface area contributed by atoms with Crippen LogP contribution in [0.25, 0.3) is 6.08 Å². The molecule has 0 radical (unpaired) electrons. The second-order valence-electron chi connectivity index (χ2n) is 7.55. The SMILES string of the molecule is COc1cc(/C=C2/C(=O)NN(c3ccc(F)c(Cl)c3)C2=O)cc(Br)c1OCC(=O)N1CCOCC1. The number of nitrogens with one attached hydrogen (secondary N) is 1. The van der Waals surface area contributed by atoms with Crippen molar-refractivity contribution in [2.45, 2.75) is 0 Å². The highest BCUT2D eigenvalue weighted by atomic mass is 79.9. The number of hydrogen-bond donors (Lipinski definition) is 1. The molecule has 0 atom stereocenters. The predicted octanol–water partition coefficient (Wildman–Crippen LogP) is 2.95. The number of benzene rings is 2. The fraction of sp³-hybridized carbons (Fsp3) is 0.261. The Hall–Kier alpha value is -3.15. The second-order valence-corrected chi connectivity index (χ2v) is 8.82. The molecule has 2 aliphatic heterocycles. The van der Waals surface area contributed by atoms with Crippen molar-refractivity contribution in [3.63, 3.8) is 0 Å². The number of ether oxygens (including phenoxy) is 3. The van der Waals surface area contributed by atoms with Gasteiger partial charge >= 0.3 is 0 Å². The molecule has 2 aromatic rings. The number of amides is 3. The van der Waals surface area contributed by atoms with Crippen LogP contribution in [0, 0.1) is 5.82 Å². The second kappa shape index (κ2) is 10.6. The van der Waals surface area contributed by atoms with Crippen LogP contribution in [0.4, 0.5) is 10.1 Å². The fourth-order valence-corrected chi connectivity index (χ4v) is 4.28. The first-order valence-electron chi connectivity index (χ1n) is 10.5. The minimum absolute atomic E-state index is 0.143. The topological polar surface area (TPSA) is 97.4 Å². The van der Waals surface area contributed by atoms with E-state index in [1.165, 1.54) is 25.3 Å². The summed E-state index contributed by atoms with van der Waals surface area (Å²) >= 11 is 9.20.